The molecular formula is C9H15NO2. The van der Waals surface area contributed by atoms with Crippen molar-refractivity contribution in [2.75, 3.05) is 6.54 Å². The molecule has 2 heterocycles. The van der Waals surface area contributed by atoms with Crippen molar-refractivity contribution in [1.29, 1.82) is 0 Å². The van der Waals surface area contributed by atoms with Crippen molar-refractivity contribution >= 4 is 5.91 Å². The van der Waals surface area contributed by atoms with Gasteiger partial charge in [-0.1, -0.05) is 0 Å². The van der Waals surface area contributed by atoms with E-state index in [2.05, 4.69) is 0 Å². The Morgan fingerprint density at radius 2 is 2.17 bits per heavy atom. The Morgan fingerprint density at radius 1 is 1.33 bits per heavy atom. The van der Waals surface area contributed by atoms with Gasteiger partial charge < -0.3 is 10.0 Å². The first-order chi connectivity index (χ1) is 5.79. The average molecular weight is 169 g/mol. The van der Waals surface area contributed by atoms with E-state index in [0.717, 1.165) is 25.8 Å². The number of fused-ring (bicyclic) bond motifs is 1. The molecule has 12 heavy (non-hydrogen) atoms. The van der Waals surface area contributed by atoms with Crippen LogP contribution in [0, 0.1) is 0 Å². The van der Waals surface area contributed by atoms with E-state index < -0.39 is 0 Å². The number of hydrogen-bond acceptors (Lipinski definition) is 2. The van der Waals surface area contributed by atoms with Crippen LogP contribution in [0.25, 0.3) is 0 Å². The van der Waals surface area contributed by atoms with Crippen molar-refractivity contribution in [3.8, 4) is 0 Å². The van der Waals surface area contributed by atoms with Crippen LogP contribution in [-0.4, -0.2) is 34.6 Å². The van der Waals surface area contributed by atoms with Gasteiger partial charge in [-0.15, -0.1) is 0 Å². The Hall–Kier alpha value is -0.570. The van der Waals surface area contributed by atoms with Crippen LogP contribution >= 0.6 is 0 Å². The Balaban J connectivity index is 2.11. The minimum atomic E-state index is -0.261. The first kappa shape index (κ1) is 8.05. The van der Waals surface area contributed by atoms with Gasteiger partial charge in [-0.25, -0.2) is 0 Å². The highest BCUT2D eigenvalue weighted by atomic mass is 16.3. The van der Waals surface area contributed by atoms with E-state index in [0.29, 0.717) is 12.8 Å². The van der Waals surface area contributed by atoms with Crippen LogP contribution in [0.15, 0.2) is 0 Å². The molecule has 1 N–H and O–H groups in total. The number of rotatable bonds is 0. The van der Waals surface area contributed by atoms with Crippen LogP contribution < -0.4 is 0 Å². The second-order valence-corrected chi connectivity index (χ2v) is 3.76. The summed E-state index contributed by atoms with van der Waals surface area (Å²) >= 11 is 0. The predicted molar refractivity (Wildman–Crippen MR) is 44.6 cm³/mol. The number of nitrogens with zero attached hydrogens (tertiary/aromatic N) is 1. The third-order valence-electron chi connectivity index (χ3n) is 2.97. The summed E-state index contributed by atoms with van der Waals surface area (Å²) in [5.41, 5.74) is 0. The highest BCUT2D eigenvalue weighted by Gasteiger charge is 2.35. The van der Waals surface area contributed by atoms with E-state index in [9.17, 15) is 9.90 Å². The lowest BCUT2D eigenvalue weighted by molar-refractivity contribution is -0.144. The van der Waals surface area contributed by atoms with E-state index in [1.54, 1.807) is 0 Å². The van der Waals surface area contributed by atoms with Gasteiger partial charge in [0.2, 0.25) is 5.91 Å². The predicted octanol–water partition coefficient (Wildman–Crippen LogP) is 0.522. The van der Waals surface area contributed by atoms with Crippen molar-refractivity contribution in [3.05, 3.63) is 0 Å². The molecule has 2 saturated heterocycles. The highest BCUT2D eigenvalue weighted by molar-refractivity contribution is 5.77. The SMILES string of the molecule is O=C1CCC(O)C2CCCCN12. The van der Waals surface area contributed by atoms with Gasteiger partial charge in [0.25, 0.3) is 0 Å². The zero-order chi connectivity index (χ0) is 8.55. The van der Waals surface area contributed by atoms with Gasteiger partial charge >= 0.3 is 0 Å². The largest absolute Gasteiger partial charge is 0.391 e. The number of amides is 1. The maximum atomic E-state index is 11.4. The van der Waals surface area contributed by atoms with Gasteiger partial charge in [0, 0.05) is 13.0 Å². The van der Waals surface area contributed by atoms with Crippen LogP contribution in [0.5, 0.6) is 0 Å². The second-order valence-electron chi connectivity index (χ2n) is 3.76. The average Bonchev–Trinajstić information content (AvgIpc) is 2.12. The fourth-order valence-electron chi connectivity index (χ4n) is 2.27. The van der Waals surface area contributed by atoms with Crippen molar-refractivity contribution in [2.24, 2.45) is 0 Å². The Bertz CT molecular complexity index is 193. The fourth-order valence-corrected chi connectivity index (χ4v) is 2.27. The maximum Gasteiger partial charge on any atom is 0.223 e. The number of carbonyl (C=O) groups is 1. The molecule has 2 fully saturated rings. The quantitative estimate of drug-likeness (QED) is 0.574. The molecule has 2 unspecified atom stereocenters. The molecule has 2 atom stereocenters. The van der Waals surface area contributed by atoms with E-state index in [1.807, 2.05) is 4.90 Å². The summed E-state index contributed by atoms with van der Waals surface area (Å²) in [6.45, 7) is 0.862. The van der Waals surface area contributed by atoms with Crippen molar-refractivity contribution < 1.29 is 9.90 Å². The highest BCUT2D eigenvalue weighted by Crippen LogP contribution is 2.26. The smallest absolute Gasteiger partial charge is 0.223 e. The number of aliphatic hydroxyl groups is 1. The molecule has 0 aliphatic carbocycles. The third kappa shape index (κ3) is 1.22. The van der Waals surface area contributed by atoms with Gasteiger partial charge in [-0.2, -0.15) is 0 Å². The lowest BCUT2D eigenvalue weighted by atomic mass is 9.90. The van der Waals surface area contributed by atoms with E-state index in [-0.39, 0.29) is 18.1 Å². The number of piperidine rings is 2. The normalized spacial score (nSPS) is 36.4. The van der Waals surface area contributed by atoms with E-state index >= 15 is 0 Å². The Kier molecular flexibility index (Phi) is 2.05. The van der Waals surface area contributed by atoms with Crippen LogP contribution in [0.2, 0.25) is 0 Å². The number of hydrogen-bond donors (Lipinski definition) is 1. The molecule has 2 rings (SSSR count). The first-order valence-electron chi connectivity index (χ1n) is 4.76. The summed E-state index contributed by atoms with van der Waals surface area (Å²) in [7, 11) is 0. The van der Waals surface area contributed by atoms with Crippen LogP contribution in [-0.2, 0) is 4.79 Å². The minimum Gasteiger partial charge on any atom is -0.391 e. The molecule has 68 valence electrons. The van der Waals surface area contributed by atoms with E-state index in [1.165, 1.54) is 0 Å². The minimum absolute atomic E-state index is 0.139. The molecule has 0 aromatic heterocycles. The molecular weight excluding hydrogens is 154 g/mol. The first-order valence-corrected chi connectivity index (χ1v) is 4.76. The van der Waals surface area contributed by atoms with Gasteiger partial charge in [0.05, 0.1) is 12.1 Å². The molecule has 0 spiro atoms. The van der Waals surface area contributed by atoms with Gasteiger partial charge in [0.1, 0.15) is 0 Å². The summed E-state index contributed by atoms with van der Waals surface area (Å²) in [4.78, 5) is 13.3. The monoisotopic (exact) mass is 169 g/mol. The molecule has 0 aromatic rings. The standard InChI is InChI=1S/C9H15NO2/c11-8-4-5-9(12)10-6-2-1-3-7(8)10/h7-8,11H,1-6H2. The van der Waals surface area contributed by atoms with Gasteiger partial charge in [0.15, 0.2) is 0 Å². The Labute approximate surface area is 72.4 Å². The summed E-state index contributed by atoms with van der Waals surface area (Å²) in [6.07, 6.45) is 4.20. The molecule has 2 aliphatic heterocycles. The van der Waals surface area contributed by atoms with E-state index in [4.69, 9.17) is 0 Å². The molecule has 0 bridgehead atoms. The second kappa shape index (κ2) is 3.05. The van der Waals surface area contributed by atoms with Crippen LogP contribution in [0.4, 0.5) is 0 Å². The maximum absolute atomic E-state index is 11.4. The van der Waals surface area contributed by atoms with Gasteiger partial charge in [-0.05, 0) is 25.7 Å². The molecule has 3 heteroatoms. The third-order valence-corrected chi connectivity index (χ3v) is 2.97. The Morgan fingerprint density at radius 3 is 2.92 bits per heavy atom. The molecule has 2 aliphatic rings. The van der Waals surface area contributed by atoms with Crippen LogP contribution in [0.1, 0.15) is 32.1 Å². The fraction of sp³-hybridized carbons (Fsp3) is 0.889. The lowest BCUT2D eigenvalue weighted by Crippen LogP contribution is -2.53. The lowest BCUT2D eigenvalue weighted by Gasteiger charge is -2.42. The van der Waals surface area contributed by atoms with Crippen molar-refractivity contribution in [1.82, 2.24) is 4.90 Å². The topological polar surface area (TPSA) is 40.5 Å². The zero-order valence-corrected chi connectivity index (χ0v) is 7.20. The summed E-state index contributed by atoms with van der Waals surface area (Å²) in [5.74, 6) is 0.241. The molecule has 3 nitrogen and oxygen atoms in total. The number of carbonyl (C=O) groups excluding carboxylic acids is 1. The summed E-state index contributed by atoms with van der Waals surface area (Å²) in [5, 5.41) is 9.63. The van der Waals surface area contributed by atoms with Gasteiger partial charge in [-0.3, -0.25) is 4.79 Å². The summed E-state index contributed by atoms with van der Waals surface area (Å²) in [6, 6.07) is 0.139. The summed E-state index contributed by atoms with van der Waals surface area (Å²) < 4.78 is 0. The van der Waals surface area contributed by atoms with Crippen molar-refractivity contribution in [3.63, 3.8) is 0 Å². The van der Waals surface area contributed by atoms with Crippen LogP contribution in [0.3, 0.4) is 0 Å². The number of aliphatic hydroxyl groups excluding tert-OH is 1. The van der Waals surface area contributed by atoms with Crippen molar-refractivity contribution in [2.45, 2.75) is 44.2 Å². The molecule has 1 amide bonds. The zero-order valence-electron chi connectivity index (χ0n) is 7.20. The molecule has 0 radical (unpaired) electrons. The molecule has 0 saturated carbocycles. The molecule has 0 aromatic carbocycles.